The molecule has 0 fully saturated rings. The molecule has 0 saturated carbocycles. The first-order valence-corrected chi connectivity index (χ1v) is 11.0. The Morgan fingerprint density at radius 3 is 2.24 bits per heavy atom. The summed E-state index contributed by atoms with van der Waals surface area (Å²) in [5.41, 5.74) is 12.4. The molecule has 0 amide bonds. The van der Waals surface area contributed by atoms with Gasteiger partial charge in [-0.25, -0.2) is 13.3 Å². The first-order chi connectivity index (χ1) is 13.9. The van der Waals surface area contributed by atoms with Crippen molar-refractivity contribution in [1.82, 2.24) is 5.32 Å². The molecule has 2 rings (SSSR count). The quantitative estimate of drug-likeness (QED) is 0.147. The van der Waals surface area contributed by atoms with E-state index < -0.39 is 9.84 Å². The van der Waals surface area contributed by atoms with E-state index in [9.17, 15) is 8.42 Å². The monoisotopic (exact) mass is 443 g/mol. The third kappa shape index (κ3) is 6.98. The SMILES string of the molecule is COc1ccc(SOOCCNCCS(=O)(=O)c2ccc(OC)c(N)c2)cc1N. The number of benzene rings is 2. The molecule has 0 aliphatic heterocycles. The second-order valence-corrected chi connectivity index (χ2v) is 8.73. The van der Waals surface area contributed by atoms with Crippen LogP contribution in [0, 0.1) is 0 Å². The topological polar surface area (TPSA) is 135 Å². The zero-order valence-electron chi connectivity index (χ0n) is 16.2. The van der Waals surface area contributed by atoms with Crippen LogP contribution >= 0.6 is 12.0 Å². The number of sulfone groups is 1. The van der Waals surface area contributed by atoms with Gasteiger partial charge in [0.25, 0.3) is 0 Å². The number of hydrogen-bond donors (Lipinski definition) is 3. The zero-order chi connectivity index (χ0) is 21.3. The van der Waals surface area contributed by atoms with Crippen molar-refractivity contribution in [3.05, 3.63) is 36.4 Å². The Bertz CT molecular complexity index is 908. The normalized spacial score (nSPS) is 11.4. The number of methoxy groups -OCH3 is 2. The summed E-state index contributed by atoms with van der Waals surface area (Å²) in [5, 5.41) is 2.99. The highest BCUT2D eigenvalue weighted by Crippen LogP contribution is 2.28. The molecule has 5 N–H and O–H groups in total. The largest absolute Gasteiger partial charge is 0.495 e. The Balaban J connectivity index is 1.64. The van der Waals surface area contributed by atoms with E-state index in [1.54, 1.807) is 25.3 Å². The van der Waals surface area contributed by atoms with Crippen LogP contribution in [0.2, 0.25) is 0 Å². The minimum Gasteiger partial charge on any atom is -0.495 e. The first-order valence-electron chi connectivity index (χ1n) is 8.64. The number of hydrogen-bond acceptors (Lipinski definition) is 10. The van der Waals surface area contributed by atoms with E-state index in [0.717, 1.165) is 16.9 Å². The highest BCUT2D eigenvalue weighted by Gasteiger charge is 2.15. The van der Waals surface area contributed by atoms with E-state index in [2.05, 4.69) is 5.32 Å². The zero-order valence-corrected chi connectivity index (χ0v) is 17.8. The van der Waals surface area contributed by atoms with Gasteiger partial charge in [0.1, 0.15) is 11.5 Å². The Kier molecular flexibility index (Phi) is 8.86. The molecule has 29 heavy (non-hydrogen) atoms. The number of nitrogens with one attached hydrogen (secondary N) is 1. The summed E-state index contributed by atoms with van der Waals surface area (Å²) in [6.45, 7) is 0.930. The van der Waals surface area contributed by atoms with Crippen molar-refractivity contribution < 1.29 is 27.1 Å². The minimum absolute atomic E-state index is 0.0699. The van der Waals surface area contributed by atoms with Gasteiger partial charge in [-0.1, -0.05) is 0 Å². The molecule has 0 bridgehead atoms. The summed E-state index contributed by atoms with van der Waals surface area (Å²) >= 11 is 1.02. The van der Waals surface area contributed by atoms with Crippen LogP contribution < -0.4 is 26.3 Å². The summed E-state index contributed by atoms with van der Waals surface area (Å²) in [5.74, 6) is 0.959. The lowest BCUT2D eigenvalue weighted by atomic mass is 10.3. The molecule has 2 aromatic rings. The Hall–Kier alpha value is -2.18. The maximum absolute atomic E-state index is 12.3. The lowest BCUT2D eigenvalue weighted by Crippen LogP contribution is -2.26. The van der Waals surface area contributed by atoms with Crippen molar-refractivity contribution in [1.29, 1.82) is 0 Å². The first kappa shape index (κ1) is 23.1. The Morgan fingerprint density at radius 1 is 0.966 bits per heavy atom. The van der Waals surface area contributed by atoms with E-state index in [1.165, 1.54) is 25.3 Å². The fourth-order valence-corrected chi connectivity index (χ4v) is 4.05. The number of nitrogen functional groups attached to an aromatic ring is 2. The molecular weight excluding hydrogens is 418 g/mol. The van der Waals surface area contributed by atoms with Gasteiger partial charge in [-0.15, -0.1) is 0 Å². The highest BCUT2D eigenvalue weighted by molar-refractivity contribution is 7.94. The Labute approximate surface area is 174 Å². The molecule has 0 unspecified atom stereocenters. The lowest BCUT2D eigenvalue weighted by Gasteiger charge is -2.09. The summed E-state index contributed by atoms with van der Waals surface area (Å²) in [6, 6.07) is 9.65. The second-order valence-electron chi connectivity index (χ2n) is 5.85. The second kappa shape index (κ2) is 11.1. The van der Waals surface area contributed by atoms with Crippen LogP contribution in [0.15, 0.2) is 46.2 Å². The fourth-order valence-electron chi connectivity index (χ4n) is 2.33. The molecule has 0 saturated heterocycles. The predicted molar refractivity (Wildman–Crippen MR) is 113 cm³/mol. The Morgan fingerprint density at radius 2 is 1.62 bits per heavy atom. The van der Waals surface area contributed by atoms with Crippen LogP contribution in [0.1, 0.15) is 0 Å². The highest BCUT2D eigenvalue weighted by atomic mass is 32.2. The molecule has 9 nitrogen and oxygen atoms in total. The number of rotatable bonds is 12. The van der Waals surface area contributed by atoms with Gasteiger partial charge in [-0.3, -0.25) is 0 Å². The summed E-state index contributed by atoms with van der Waals surface area (Å²) in [6.07, 6.45) is 0. The van der Waals surface area contributed by atoms with Gasteiger partial charge >= 0.3 is 0 Å². The van der Waals surface area contributed by atoms with Crippen LogP contribution in [-0.2, 0) is 19.1 Å². The van der Waals surface area contributed by atoms with Gasteiger partial charge in [0.05, 0.1) is 54.9 Å². The minimum atomic E-state index is -3.45. The standard InChI is InChI=1S/C18H25N3O6S2/c1-24-17-5-3-13(11-15(17)19)28-27-26-9-7-21-8-10-29(22,23)14-4-6-18(25-2)16(20)12-14/h3-6,11-12,21H,7-10,19-20H2,1-2H3. The average molecular weight is 444 g/mol. The summed E-state index contributed by atoms with van der Waals surface area (Å²) in [4.78, 5) is 5.97. The van der Waals surface area contributed by atoms with Gasteiger partial charge < -0.3 is 26.3 Å². The van der Waals surface area contributed by atoms with Crippen molar-refractivity contribution in [2.75, 3.05) is 51.1 Å². The van der Waals surface area contributed by atoms with Gasteiger partial charge in [-0.2, -0.15) is 4.33 Å². The smallest absolute Gasteiger partial charge is 0.179 e. The van der Waals surface area contributed by atoms with E-state index in [-0.39, 0.29) is 29.5 Å². The third-order valence-electron chi connectivity index (χ3n) is 3.85. The van der Waals surface area contributed by atoms with Gasteiger partial charge in [0, 0.05) is 18.0 Å². The fraction of sp³-hybridized carbons (Fsp3) is 0.333. The predicted octanol–water partition coefficient (Wildman–Crippen LogP) is 1.89. The van der Waals surface area contributed by atoms with E-state index in [1.807, 2.05) is 0 Å². The molecule has 0 aliphatic rings. The van der Waals surface area contributed by atoms with E-state index >= 15 is 0 Å². The molecule has 0 radical (unpaired) electrons. The maximum atomic E-state index is 12.3. The number of nitrogens with two attached hydrogens (primary N) is 2. The van der Waals surface area contributed by atoms with Crippen LogP contribution in [0.25, 0.3) is 0 Å². The van der Waals surface area contributed by atoms with E-state index in [4.69, 9.17) is 30.2 Å². The molecule has 0 aromatic heterocycles. The number of ether oxygens (including phenoxy) is 2. The van der Waals surface area contributed by atoms with Crippen molar-refractivity contribution in [2.45, 2.75) is 9.79 Å². The molecule has 11 heteroatoms. The maximum Gasteiger partial charge on any atom is 0.179 e. The molecule has 0 spiro atoms. The molecule has 2 aromatic carbocycles. The third-order valence-corrected chi connectivity index (χ3v) is 6.17. The van der Waals surface area contributed by atoms with Crippen LogP contribution in [-0.4, -0.2) is 48.1 Å². The van der Waals surface area contributed by atoms with Gasteiger partial charge in [0.15, 0.2) is 9.84 Å². The van der Waals surface area contributed by atoms with E-state index in [0.29, 0.717) is 23.7 Å². The molecule has 0 heterocycles. The van der Waals surface area contributed by atoms with Gasteiger partial charge in [0.2, 0.25) is 0 Å². The van der Waals surface area contributed by atoms with Crippen LogP contribution in [0.3, 0.4) is 0 Å². The summed E-state index contributed by atoms with van der Waals surface area (Å²) < 4.78 is 39.8. The average Bonchev–Trinajstić information content (AvgIpc) is 2.70. The number of anilines is 2. The van der Waals surface area contributed by atoms with Gasteiger partial charge in [-0.05, 0) is 36.4 Å². The van der Waals surface area contributed by atoms with Crippen LogP contribution in [0.5, 0.6) is 11.5 Å². The van der Waals surface area contributed by atoms with Crippen LogP contribution in [0.4, 0.5) is 11.4 Å². The molecule has 160 valence electrons. The summed E-state index contributed by atoms with van der Waals surface area (Å²) in [7, 11) is -0.430. The molecule has 0 atom stereocenters. The lowest BCUT2D eigenvalue weighted by molar-refractivity contribution is -0.188. The molecule has 0 aliphatic carbocycles. The van der Waals surface area contributed by atoms with Crippen molar-refractivity contribution in [3.63, 3.8) is 0 Å². The van der Waals surface area contributed by atoms with Crippen molar-refractivity contribution >= 4 is 33.3 Å². The van der Waals surface area contributed by atoms with Crippen molar-refractivity contribution in [3.8, 4) is 11.5 Å². The van der Waals surface area contributed by atoms with Crippen molar-refractivity contribution in [2.24, 2.45) is 0 Å². The molecular formula is C18H25N3O6S2.